The van der Waals surface area contributed by atoms with Crippen molar-refractivity contribution in [2.45, 2.75) is 32.1 Å². The molecule has 0 rings (SSSR count). The van der Waals surface area contributed by atoms with Crippen LogP contribution in [-0.2, 0) is 4.74 Å². The molecule has 0 aromatic rings. The minimum atomic E-state index is 0.182. The van der Waals surface area contributed by atoms with E-state index < -0.39 is 0 Å². The molecule has 0 amide bonds. The molecule has 0 aliphatic carbocycles. The van der Waals surface area contributed by atoms with E-state index in [1.807, 2.05) is 11.8 Å². The molecule has 2 atom stereocenters. The molecule has 0 saturated heterocycles. The highest BCUT2D eigenvalue weighted by Crippen LogP contribution is 2.18. The van der Waals surface area contributed by atoms with Crippen LogP contribution in [0.4, 0.5) is 0 Å². The molecule has 0 fully saturated rings. The van der Waals surface area contributed by atoms with E-state index in [4.69, 9.17) is 10.5 Å². The second-order valence-corrected chi connectivity index (χ2v) is 4.91. The number of rotatable bonds is 6. The van der Waals surface area contributed by atoms with Crippen molar-refractivity contribution in [3.8, 4) is 0 Å². The van der Waals surface area contributed by atoms with Crippen molar-refractivity contribution < 1.29 is 4.74 Å². The van der Waals surface area contributed by atoms with E-state index in [1.54, 1.807) is 7.11 Å². The van der Waals surface area contributed by atoms with Crippen molar-refractivity contribution in [2.75, 3.05) is 19.5 Å². The molecular weight excluding hydrogens is 170 g/mol. The lowest BCUT2D eigenvalue weighted by Gasteiger charge is -2.17. The Labute approximate surface area is 80.2 Å². The van der Waals surface area contributed by atoms with Crippen LogP contribution < -0.4 is 5.73 Å². The summed E-state index contributed by atoms with van der Waals surface area (Å²) in [5.41, 5.74) is 5.79. The van der Waals surface area contributed by atoms with Gasteiger partial charge in [0.2, 0.25) is 0 Å². The zero-order chi connectivity index (χ0) is 9.56. The quantitative estimate of drug-likeness (QED) is 0.694. The molecular formula is C9H21NOS. The fraction of sp³-hybridized carbons (Fsp3) is 1.00. The lowest BCUT2D eigenvalue weighted by Crippen LogP contribution is -2.29. The number of ether oxygens (including phenoxy) is 1. The highest BCUT2D eigenvalue weighted by molar-refractivity contribution is 7.99. The largest absolute Gasteiger partial charge is 0.383 e. The number of hydrogen-bond donors (Lipinski definition) is 1. The van der Waals surface area contributed by atoms with E-state index in [0.717, 1.165) is 11.7 Å². The van der Waals surface area contributed by atoms with Gasteiger partial charge in [-0.2, -0.15) is 11.8 Å². The minimum Gasteiger partial charge on any atom is -0.383 e. The number of hydrogen-bond acceptors (Lipinski definition) is 3. The van der Waals surface area contributed by atoms with Gasteiger partial charge in [-0.05, 0) is 5.92 Å². The molecule has 2 N–H and O–H groups in total. The highest BCUT2D eigenvalue weighted by atomic mass is 32.2. The third-order valence-corrected chi connectivity index (χ3v) is 3.58. The normalized spacial score (nSPS) is 16.5. The Balaban J connectivity index is 3.40. The average molecular weight is 191 g/mol. The Hall–Kier alpha value is 0.270. The Morgan fingerprint density at radius 3 is 2.33 bits per heavy atom. The summed E-state index contributed by atoms with van der Waals surface area (Å²) >= 11 is 1.93. The number of methoxy groups -OCH3 is 1. The number of nitrogens with two attached hydrogens (primary N) is 1. The maximum Gasteiger partial charge on any atom is 0.0621 e. The molecule has 0 aliphatic heterocycles. The first kappa shape index (κ1) is 12.3. The summed E-state index contributed by atoms with van der Waals surface area (Å²) in [6.45, 7) is 7.38. The third kappa shape index (κ3) is 5.86. The van der Waals surface area contributed by atoms with Crippen LogP contribution in [0.25, 0.3) is 0 Å². The second-order valence-electron chi connectivity index (χ2n) is 3.50. The Morgan fingerprint density at radius 1 is 1.33 bits per heavy atom. The summed E-state index contributed by atoms with van der Waals surface area (Å²) < 4.78 is 4.96. The summed E-state index contributed by atoms with van der Waals surface area (Å²) in [6, 6.07) is 0.182. The Kier molecular flexibility index (Phi) is 6.90. The van der Waals surface area contributed by atoms with Crippen LogP contribution in [0, 0.1) is 5.92 Å². The van der Waals surface area contributed by atoms with Gasteiger partial charge in [0, 0.05) is 24.2 Å². The van der Waals surface area contributed by atoms with Crippen LogP contribution in [0.5, 0.6) is 0 Å². The smallest absolute Gasteiger partial charge is 0.0621 e. The molecule has 3 heteroatoms. The Morgan fingerprint density at radius 2 is 1.92 bits per heavy atom. The van der Waals surface area contributed by atoms with Gasteiger partial charge in [0.15, 0.2) is 0 Å². The molecule has 74 valence electrons. The van der Waals surface area contributed by atoms with E-state index in [2.05, 4.69) is 20.8 Å². The summed E-state index contributed by atoms with van der Waals surface area (Å²) in [5, 5.41) is 0.688. The van der Waals surface area contributed by atoms with Crippen molar-refractivity contribution in [1.29, 1.82) is 0 Å². The van der Waals surface area contributed by atoms with E-state index in [1.165, 1.54) is 0 Å². The molecule has 2 nitrogen and oxygen atoms in total. The van der Waals surface area contributed by atoms with E-state index in [9.17, 15) is 0 Å². The van der Waals surface area contributed by atoms with Gasteiger partial charge in [-0.3, -0.25) is 0 Å². The number of thioether (sulfide) groups is 1. The topological polar surface area (TPSA) is 35.2 Å². The van der Waals surface area contributed by atoms with Crippen LogP contribution in [0.15, 0.2) is 0 Å². The predicted octanol–water partition coefficient (Wildman–Crippen LogP) is 1.74. The molecule has 0 heterocycles. The minimum absolute atomic E-state index is 0.182. The van der Waals surface area contributed by atoms with Crippen LogP contribution in [0.1, 0.15) is 20.8 Å². The fourth-order valence-electron chi connectivity index (χ4n) is 0.730. The van der Waals surface area contributed by atoms with Crippen molar-refractivity contribution >= 4 is 11.8 Å². The van der Waals surface area contributed by atoms with Crippen molar-refractivity contribution in [1.82, 2.24) is 0 Å². The van der Waals surface area contributed by atoms with Crippen molar-refractivity contribution in [3.05, 3.63) is 0 Å². The molecule has 0 saturated carbocycles. The first-order chi connectivity index (χ1) is 5.57. The highest BCUT2D eigenvalue weighted by Gasteiger charge is 2.09. The van der Waals surface area contributed by atoms with Gasteiger partial charge < -0.3 is 10.5 Å². The zero-order valence-electron chi connectivity index (χ0n) is 8.54. The molecule has 12 heavy (non-hydrogen) atoms. The lowest BCUT2D eigenvalue weighted by molar-refractivity contribution is 0.186. The molecule has 0 aromatic heterocycles. The molecule has 0 radical (unpaired) electrons. The van der Waals surface area contributed by atoms with Gasteiger partial charge in [0.05, 0.1) is 6.61 Å². The average Bonchev–Trinajstić information content (AvgIpc) is 2.00. The fourth-order valence-corrected chi connectivity index (χ4v) is 1.76. The molecule has 0 bridgehead atoms. The van der Waals surface area contributed by atoms with E-state index >= 15 is 0 Å². The first-order valence-electron chi connectivity index (χ1n) is 4.44. The van der Waals surface area contributed by atoms with E-state index in [-0.39, 0.29) is 6.04 Å². The maximum atomic E-state index is 5.79. The van der Waals surface area contributed by atoms with Gasteiger partial charge in [0.1, 0.15) is 0 Å². The first-order valence-corrected chi connectivity index (χ1v) is 5.49. The van der Waals surface area contributed by atoms with Gasteiger partial charge in [-0.1, -0.05) is 20.8 Å². The summed E-state index contributed by atoms with van der Waals surface area (Å²) in [6.07, 6.45) is 0. The lowest BCUT2D eigenvalue weighted by atomic mass is 10.2. The van der Waals surface area contributed by atoms with Gasteiger partial charge in [-0.25, -0.2) is 0 Å². The second kappa shape index (κ2) is 6.75. The van der Waals surface area contributed by atoms with Gasteiger partial charge in [-0.15, -0.1) is 0 Å². The van der Waals surface area contributed by atoms with Crippen LogP contribution in [-0.4, -0.2) is 30.8 Å². The molecule has 2 unspecified atom stereocenters. The van der Waals surface area contributed by atoms with Crippen LogP contribution in [0.3, 0.4) is 0 Å². The molecule has 0 aromatic carbocycles. The molecule has 0 aliphatic rings. The van der Waals surface area contributed by atoms with Gasteiger partial charge >= 0.3 is 0 Å². The summed E-state index contributed by atoms with van der Waals surface area (Å²) in [5.74, 6) is 1.72. The molecule has 0 spiro atoms. The SMILES string of the molecule is COCC(N)CSC(C)C(C)C. The Bertz CT molecular complexity index is 109. The maximum absolute atomic E-state index is 5.79. The van der Waals surface area contributed by atoms with Crippen molar-refractivity contribution in [2.24, 2.45) is 11.7 Å². The van der Waals surface area contributed by atoms with Gasteiger partial charge in [0.25, 0.3) is 0 Å². The summed E-state index contributed by atoms with van der Waals surface area (Å²) in [4.78, 5) is 0. The third-order valence-electron chi connectivity index (χ3n) is 1.89. The monoisotopic (exact) mass is 191 g/mol. The van der Waals surface area contributed by atoms with Crippen LogP contribution in [0.2, 0.25) is 0 Å². The standard InChI is InChI=1S/C9H21NOS/c1-7(2)8(3)12-6-9(10)5-11-4/h7-9H,5-6,10H2,1-4H3. The van der Waals surface area contributed by atoms with Crippen molar-refractivity contribution in [3.63, 3.8) is 0 Å². The van der Waals surface area contributed by atoms with Crippen LogP contribution >= 0.6 is 11.8 Å². The zero-order valence-corrected chi connectivity index (χ0v) is 9.36. The predicted molar refractivity (Wildman–Crippen MR) is 56.6 cm³/mol. The summed E-state index contributed by atoms with van der Waals surface area (Å²) in [7, 11) is 1.69. The van der Waals surface area contributed by atoms with E-state index in [0.29, 0.717) is 11.9 Å².